The molecule has 5 nitrogen and oxygen atoms in total. The van der Waals surface area contributed by atoms with E-state index in [0.29, 0.717) is 23.0 Å². The summed E-state index contributed by atoms with van der Waals surface area (Å²) in [6, 6.07) is 4.33. The highest BCUT2D eigenvalue weighted by Gasteiger charge is 2.30. The van der Waals surface area contributed by atoms with Gasteiger partial charge in [0.2, 0.25) is 5.91 Å². The first-order valence-electron chi connectivity index (χ1n) is 9.39. The lowest BCUT2D eigenvalue weighted by Crippen LogP contribution is -2.13. The Morgan fingerprint density at radius 3 is 2.73 bits per heavy atom. The first-order chi connectivity index (χ1) is 14.3. The third-order valence-electron chi connectivity index (χ3n) is 4.83. The number of H-pyrrole nitrogens is 1. The molecule has 1 amide bonds. The van der Waals surface area contributed by atoms with Crippen molar-refractivity contribution in [1.29, 1.82) is 0 Å². The van der Waals surface area contributed by atoms with Crippen LogP contribution < -0.4 is 10.9 Å². The van der Waals surface area contributed by atoms with Crippen molar-refractivity contribution in [2.45, 2.75) is 37.6 Å². The van der Waals surface area contributed by atoms with Crippen LogP contribution in [0.1, 0.15) is 34.7 Å². The van der Waals surface area contributed by atoms with E-state index in [1.54, 1.807) is 11.3 Å². The van der Waals surface area contributed by atoms with Gasteiger partial charge in [0, 0.05) is 22.7 Å². The molecular formula is C20H18F3N3O2S2. The number of halogens is 3. The van der Waals surface area contributed by atoms with Crippen LogP contribution in [0.2, 0.25) is 0 Å². The van der Waals surface area contributed by atoms with Gasteiger partial charge < -0.3 is 10.3 Å². The van der Waals surface area contributed by atoms with Crippen LogP contribution >= 0.6 is 23.1 Å². The van der Waals surface area contributed by atoms with E-state index in [9.17, 15) is 22.8 Å². The Bertz CT molecular complexity index is 1140. The van der Waals surface area contributed by atoms with E-state index in [0.717, 1.165) is 47.2 Å². The van der Waals surface area contributed by atoms with Crippen LogP contribution in [0.5, 0.6) is 0 Å². The van der Waals surface area contributed by atoms with Crippen LogP contribution in [0.3, 0.4) is 0 Å². The summed E-state index contributed by atoms with van der Waals surface area (Å²) in [6.45, 7) is 0. The number of nitrogens with zero attached hydrogens (tertiary/aromatic N) is 1. The summed E-state index contributed by atoms with van der Waals surface area (Å²) in [5.41, 5.74) is 0.601. The number of rotatable bonds is 6. The number of anilines is 1. The lowest BCUT2D eigenvalue weighted by Gasteiger charge is -2.08. The molecular weight excluding hydrogens is 435 g/mol. The minimum absolute atomic E-state index is 0.102. The molecule has 10 heteroatoms. The Morgan fingerprint density at radius 1 is 1.23 bits per heavy atom. The largest absolute Gasteiger partial charge is 0.416 e. The van der Waals surface area contributed by atoms with Gasteiger partial charge in [0.25, 0.3) is 5.56 Å². The topological polar surface area (TPSA) is 74.8 Å². The van der Waals surface area contributed by atoms with Crippen molar-refractivity contribution >= 4 is 44.9 Å². The van der Waals surface area contributed by atoms with Gasteiger partial charge in [-0.25, -0.2) is 4.98 Å². The fourth-order valence-electron chi connectivity index (χ4n) is 3.41. The van der Waals surface area contributed by atoms with Gasteiger partial charge in [-0.1, -0.05) is 0 Å². The zero-order valence-corrected chi connectivity index (χ0v) is 17.4. The quantitative estimate of drug-likeness (QED) is 0.528. The molecule has 0 aliphatic heterocycles. The summed E-state index contributed by atoms with van der Waals surface area (Å²) in [4.78, 5) is 33.8. The summed E-state index contributed by atoms with van der Waals surface area (Å²) in [5, 5.41) is 3.30. The van der Waals surface area contributed by atoms with Crippen LogP contribution in [-0.4, -0.2) is 21.6 Å². The van der Waals surface area contributed by atoms with Gasteiger partial charge in [-0.3, -0.25) is 9.59 Å². The molecule has 158 valence electrons. The van der Waals surface area contributed by atoms with E-state index in [1.165, 1.54) is 28.8 Å². The maximum atomic E-state index is 12.6. The molecule has 0 bridgehead atoms. The molecule has 0 fully saturated rings. The van der Waals surface area contributed by atoms with Crippen LogP contribution in [0, 0.1) is 0 Å². The number of carbonyl (C=O) groups is 1. The monoisotopic (exact) mass is 453 g/mol. The number of thiophene rings is 1. The van der Waals surface area contributed by atoms with Crippen molar-refractivity contribution in [3.05, 3.63) is 56.4 Å². The second-order valence-corrected chi connectivity index (χ2v) is 9.16. The number of carbonyl (C=O) groups excluding carboxylic acids is 1. The van der Waals surface area contributed by atoms with Crippen molar-refractivity contribution in [2.24, 2.45) is 0 Å². The Balaban J connectivity index is 1.28. The van der Waals surface area contributed by atoms with Gasteiger partial charge in [-0.2, -0.15) is 24.9 Å². The van der Waals surface area contributed by atoms with E-state index in [4.69, 9.17) is 0 Å². The van der Waals surface area contributed by atoms with Crippen LogP contribution in [0.15, 0.2) is 29.1 Å². The van der Waals surface area contributed by atoms with Crippen molar-refractivity contribution in [1.82, 2.24) is 9.97 Å². The van der Waals surface area contributed by atoms with Crippen molar-refractivity contribution in [3.8, 4) is 0 Å². The summed E-state index contributed by atoms with van der Waals surface area (Å²) in [5.74, 6) is 1.27. The number of fused-ring (bicyclic) bond motifs is 3. The normalized spacial score (nSPS) is 13.6. The second kappa shape index (κ2) is 8.43. The molecule has 2 N–H and O–H groups in total. The van der Waals surface area contributed by atoms with Gasteiger partial charge in [0.15, 0.2) is 0 Å². The molecule has 0 saturated carbocycles. The van der Waals surface area contributed by atoms with E-state index in [1.807, 2.05) is 0 Å². The van der Waals surface area contributed by atoms with Crippen molar-refractivity contribution in [2.75, 3.05) is 11.1 Å². The minimum Gasteiger partial charge on any atom is -0.326 e. The maximum absolute atomic E-state index is 12.6. The predicted octanol–water partition coefficient (Wildman–Crippen LogP) is 4.75. The average Bonchev–Trinajstić information content (AvgIpc) is 3.25. The van der Waals surface area contributed by atoms with Gasteiger partial charge in [-0.05, 0) is 49.1 Å². The number of hydrogen-bond donors (Lipinski definition) is 2. The smallest absolute Gasteiger partial charge is 0.326 e. The highest BCUT2D eigenvalue weighted by molar-refractivity contribution is 7.98. The number of amides is 1. The Morgan fingerprint density at radius 2 is 2.00 bits per heavy atom. The lowest BCUT2D eigenvalue weighted by atomic mass is 10.2. The zero-order chi connectivity index (χ0) is 21.3. The van der Waals surface area contributed by atoms with Crippen LogP contribution in [0.25, 0.3) is 10.2 Å². The number of nitrogens with one attached hydrogen (secondary N) is 2. The number of aryl methyl sites for hydroxylation is 2. The van der Waals surface area contributed by atoms with E-state index in [-0.39, 0.29) is 17.9 Å². The van der Waals surface area contributed by atoms with Gasteiger partial charge in [-0.15, -0.1) is 11.3 Å². The lowest BCUT2D eigenvalue weighted by molar-refractivity contribution is -0.137. The van der Waals surface area contributed by atoms with Crippen molar-refractivity contribution in [3.63, 3.8) is 0 Å². The van der Waals surface area contributed by atoms with Gasteiger partial charge in [0.1, 0.15) is 10.7 Å². The molecule has 1 aliphatic rings. The zero-order valence-electron chi connectivity index (χ0n) is 15.8. The Kier molecular flexibility index (Phi) is 5.88. The van der Waals surface area contributed by atoms with Gasteiger partial charge in [0.05, 0.1) is 16.7 Å². The maximum Gasteiger partial charge on any atom is 0.416 e. The highest BCUT2D eigenvalue weighted by Crippen LogP contribution is 2.34. The molecule has 0 atom stereocenters. The van der Waals surface area contributed by atoms with E-state index in [2.05, 4.69) is 15.3 Å². The molecule has 2 aromatic heterocycles. The summed E-state index contributed by atoms with van der Waals surface area (Å²) < 4.78 is 37.7. The molecule has 1 aromatic carbocycles. The molecule has 0 unspecified atom stereocenters. The molecule has 0 saturated heterocycles. The molecule has 0 radical (unpaired) electrons. The average molecular weight is 454 g/mol. The van der Waals surface area contributed by atoms with Crippen molar-refractivity contribution < 1.29 is 18.0 Å². The third-order valence-corrected chi connectivity index (χ3v) is 6.99. The minimum atomic E-state index is -4.40. The summed E-state index contributed by atoms with van der Waals surface area (Å²) >= 11 is 3.05. The molecule has 3 aromatic rings. The number of thioether (sulfide) groups is 1. The molecule has 4 rings (SSSR count). The van der Waals surface area contributed by atoms with E-state index < -0.39 is 11.7 Å². The second-order valence-electron chi connectivity index (χ2n) is 6.98. The van der Waals surface area contributed by atoms with Crippen LogP contribution in [-0.2, 0) is 29.6 Å². The fraction of sp³-hybridized carbons (Fsp3) is 0.350. The number of hydrogen-bond acceptors (Lipinski definition) is 5. The Hall–Kier alpha value is -2.33. The third kappa shape index (κ3) is 4.54. The van der Waals surface area contributed by atoms with Gasteiger partial charge >= 0.3 is 6.18 Å². The number of aromatic nitrogens is 2. The number of alkyl halides is 3. The Labute approximate surface area is 178 Å². The number of benzene rings is 1. The first kappa shape index (κ1) is 20.9. The highest BCUT2D eigenvalue weighted by atomic mass is 32.2. The van der Waals surface area contributed by atoms with E-state index >= 15 is 0 Å². The number of aromatic amines is 1. The van der Waals surface area contributed by atoms with Crippen LogP contribution in [0.4, 0.5) is 18.9 Å². The molecule has 1 aliphatic carbocycles. The SMILES string of the molecule is O=C(CCSCc1nc2sc3c(c2c(=O)[nH]1)CCC3)Nc1ccc(C(F)(F)F)cc1. The molecule has 2 heterocycles. The summed E-state index contributed by atoms with van der Waals surface area (Å²) in [7, 11) is 0. The molecule has 30 heavy (non-hydrogen) atoms. The molecule has 0 spiro atoms. The standard InChI is InChI=1S/C20H18F3N3O2S2/c21-20(22,23)11-4-6-12(7-5-11)24-16(27)8-9-29-10-15-25-18(28)17-13-2-1-3-14(13)30-19(17)26-15/h4-7H,1-3,8-10H2,(H,24,27)(H,25,26,28). The first-order valence-corrected chi connectivity index (χ1v) is 11.4. The fourth-order valence-corrected chi connectivity index (χ4v) is 5.50. The predicted molar refractivity (Wildman–Crippen MR) is 113 cm³/mol. The summed E-state index contributed by atoms with van der Waals surface area (Å²) in [6.07, 6.45) is -1.18.